The molecule has 9 heteroatoms. The quantitative estimate of drug-likeness (QED) is 0.562. The van der Waals surface area contributed by atoms with E-state index in [1.807, 2.05) is 0 Å². The molecular weight excluding hydrogens is 407 g/mol. The highest BCUT2D eigenvalue weighted by Crippen LogP contribution is 2.38. The van der Waals surface area contributed by atoms with Crippen LogP contribution < -0.4 is 9.64 Å². The zero-order valence-corrected chi connectivity index (χ0v) is 15.9. The summed E-state index contributed by atoms with van der Waals surface area (Å²) in [5.41, 5.74) is 0.302. The number of hydrogen-bond acceptors (Lipinski definition) is 6. The van der Waals surface area contributed by atoms with E-state index in [0.717, 1.165) is 4.90 Å². The van der Waals surface area contributed by atoms with E-state index in [0.29, 0.717) is 16.3 Å². The first-order valence-corrected chi connectivity index (χ1v) is 8.93. The molecule has 1 saturated heterocycles. The van der Waals surface area contributed by atoms with Crippen LogP contribution in [0.3, 0.4) is 0 Å². The second-order valence-electron chi connectivity index (χ2n) is 6.15. The number of methoxy groups -OCH3 is 1. The Morgan fingerprint density at radius 2 is 1.82 bits per heavy atom. The maximum absolute atomic E-state index is 13.0. The highest BCUT2D eigenvalue weighted by atomic mass is 35.5. The van der Waals surface area contributed by atoms with Gasteiger partial charge in [-0.05, 0) is 42.5 Å². The normalized spacial score (nSPS) is 20.7. The van der Waals surface area contributed by atoms with Gasteiger partial charge in [-0.15, -0.1) is 0 Å². The van der Waals surface area contributed by atoms with Crippen molar-refractivity contribution < 1.29 is 24.0 Å². The Balaban J connectivity index is 1.66. The lowest BCUT2D eigenvalue weighted by Gasteiger charge is -2.17. The van der Waals surface area contributed by atoms with E-state index in [2.05, 4.69) is 5.16 Å². The van der Waals surface area contributed by atoms with Crippen LogP contribution in [0.2, 0.25) is 10.0 Å². The number of benzene rings is 2. The molecule has 0 spiro atoms. The minimum atomic E-state index is -1.21. The van der Waals surface area contributed by atoms with Gasteiger partial charge in [0.05, 0.1) is 17.8 Å². The molecule has 142 valence electrons. The van der Waals surface area contributed by atoms with Crippen molar-refractivity contribution in [3.05, 3.63) is 58.1 Å². The highest BCUT2D eigenvalue weighted by molar-refractivity contribution is 6.53. The lowest BCUT2D eigenvalue weighted by atomic mass is 9.93. The second-order valence-corrected chi connectivity index (χ2v) is 6.99. The van der Waals surface area contributed by atoms with E-state index in [1.54, 1.807) is 24.3 Å². The zero-order chi connectivity index (χ0) is 20.0. The van der Waals surface area contributed by atoms with Gasteiger partial charge in [0, 0.05) is 10.6 Å². The van der Waals surface area contributed by atoms with E-state index >= 15 is 0 Å². The number of ether oxygens (including phenoxy) is 1. The molecule has 4 rings (SSSR count). The van der Waals surface area contributed by atoms with Crippen LogP contribution in [0.4, 0.5) is 5.69 Å². The molecule has 0 radical (unpaired) electrons. The van der Waals surface area contributed by atoms with E-state index < -0.39 is 29.6 Å². The summed E-state index contributed by atoms with van der Waals surface area (Å²) in [6, 6.07) is 10.7. The molecule has 0 aliphatic carbocycles. The molecule has 28 heavy (non-hydrogen) atoms. The van der Waals surface area contributed by atoms with Crippen molar-refractivity contribution >= 4 is 52.2 Å². The molecule has 0 unspecified atom stereocenters. The summed E-state index contributed by atoms with van der Waals surface area (Å²) in [5, 5.41) is 4.20. The van der Waals surface area contributed by atoms with Crippen molar-refractivity contribution in [2.75, 3.05) is 12.0 Å². The Morgan fingerprint density at radius 3 is 2.50 bits per heavy atom. The lowest BCUT2D eigenvalue weighted by molar-refractivity contribution is -0.126. The zero-order valence-electron chi connectivity index (χ0n) is 14.4. The van der Waals surface area contributed by atoms with Gasteiger partial charge in [0.15, 0.2) is 0 Å². The van der Waals surface area contributed by atoms with Crippen molar-refractivity contribution in [1.29, 1.82) is 0 Å². The fourth-order valence-corrected chi connectivity index (χ4v) is 3.52. The fourth-order valence-electron chi connectivity index (χ4n) is 3.15. The molecule has 0 aromatic heterocycles. The van der Waals surface area contributed by atoms with Gasteiger partial charge in [0.1, 0.15) is 17.4 Å². The maximum Gasteiger partial charge on any atom is 0.279 e. The Labute approximate surface area is 169 Å². The third kappa shape index (κ3) is 2.83. The summed E-state index contributed by atoms with van der Waals surface area (Å²) in [5.74, 6) is -2.36. The van der Waals surface area contributed by atoms with Gasteiger partial charge in [-0.25, -0.2) is 4.90 Å². The molecule has 0 N–H and O–H groups in total. The standard InChI is InChI=1S/C19H12Cl2N2O5/c1-27-11-5-2-9(3-6-11)16(24)15-14-17(28-22-15)19(26)23(18(14)25)13-8-10(20)4-7-12(13)21/h2-8,14,17H,1H3/t14-,17-/m1/s1. The van der Waals surface area contributed by atoms with Crippen LogP contribution in [0.5, 0.6) is 5.75 Å². The number of carbonyl (C=O) groups excluding carboxylic acids is 3. The smallest absolute Gasteiger partial charge is 0.279 e. The molecule has 1 fully saturated rings. The van der Waals surface area contributed by atoms with Crippen molar-refractivity contribution in [2.45, 2.75) is 6.10 Å². The topological polar surface area (TPSA) is 85.3 Å². The number of imide groups is 1. The molecule has 2 aromatic rings. The van der Waals surface area contributed by atoms with Gasteiger partial charge in [-0.2, -0.15) is 0 Å². The molecule has 7 nitrogen and oxygen atoms in total. The van der Waals surface area contributed by atoms with E-state index in [-0.39, 0.29) is 16.4 Å². The number of anilines is 1. The molecule has 0 saturated carbocycles. The van der Waals surface area contributed by atoms with Crippen LogP contribution in [0.25, 0.3) is 0 Å². The molecule has 2 aliphatic heterocycles. The van der Waals surface area contributed by atoms with Crippen molar-refractivity contribution in [1.82, 2.24) is 0 Å². The van der Waals surface area contributed by atoms with Gasteiger partial charge in [-0.3, -0.25) is 14.4 Å². The van der Waals surface area contributed by atoms with Gasteiger partial charge < -0.3 is 9.57 Å². The van der Waals surface area contributed by atoms with Crippen LogP contribution in [0.15, 0.2) is 47.6 Å². The minimum Gasteiger partial charge on any atom is -0.497 e. The summed E-state index contributed by atoms with van der Waals surface area (Å²) >= 11 is 12.1. The summed E-state index contributed by atoms with van der Waals surface area (Å²) < 4.78 is 5.06. The molecule has 2 aliphatic rings. The summed E-state index contributed by atoms with van der Waals surface area (Å²) in [4.78, 5) is 44.6. The minimum absolute atomic E-state index is 0.130. The Morgan fingerprint density at radius 1 is 1.11 bits per heavy atom. The van der Waals surface area contributed by atoms with Crippen LogP contribution in [-0.4, -0.2) is 36.5 Å². The number of hydrogen-bond donors (Lipinski definition) is 0. The highest BCUT2D eigenvalue weighted by Gasteiger charge is 2.57. The number of rotatable bonds is 4. The van der Waals surface area contributed by atoms with Crippen molar-refractivity contribution in [2.24, 2.45) is 11.1 Å². The number of oxime groups is 1. The SMILES string of the molecule is COc1ccc(C(=O)C2=NO[C@H]3C(=O)N(c4cc(Cl)ccc4Cl)C(=O)[C@H]23)cc1. The van der Waals surface area contributed by atoms with Gasteiger partial charge >= 0.3 is 0 Å². The van der Waals surface area contributed by atoms with Gasteiger partial charge in [-0.1, -0.05) is 28.4 Å². The summed E-state index contributed by atoms with van der Waals surface area (Å²) in [6.45, 7) is 0. The average Bonchev–Trinajstić information content (AvgIpc) is 3.24. The van der Waals surface area contributed by atoms with Crippen LogP contribution in [0, 0.1) is 5.92 Å². The molecular formula is C19H12Cl2N2O5. The molecule has 2 heterocycles. The Hall–Kier alpha value is -2.90. The first kappa shape index (κ1) is 18.5. The third-order valence-corrected chi connectivity index (χ3v) is 5.10. The van der Waals surface area contributed by atoms with E-state index in [1.165, 1.54) is 25.3 Å². The number of ketones is 1. The number of carbonyl (C=O) groups is 3. The number of amides is 2. The monoisotopic (exact) mass is 418 g/mol. The van der Waals surface area contributed by atoms with Crippen LogP contribution >= 0.6 is 23.2 Å². The van der Waals surface area contributed by atoms with Crippen LogP contribution in [0.1, 0.15) is 10.4 Å². The predicted molar refractivity (Wildman–Crippen MR) is 102 cm³/mol. The molecule has 2 atom stereocenters. The Kier molecular flexibility index (Phi) is 4.56. The van der Waals surface area contributed by atoms with Gasteiger partial charge in [0.2, 0.25) is 17.8 Å². The number of Topliss-reactive ketones (excluding diaryl/α,β-unsaturated/α-hetero) is 1. The third-order valence-electron chi connectivity index (χ3n) is 4.55. The lowest BCUT2D eigenvalue weighted by Crippen LogP contribution is -2.34. The van der Waals surface area contributed by atoms with Crippen molar-refractivity contribution in [3.8, 4) is 5.75 Å². The van der Waals surface area contributed by atoms with Crippen molar-refractivity contribution in [3.63, 3.8) is 0 Å². The van der Waals surface area contributed by atoms with Crippen LogP contribution in [-0.2, 0) is 14.4 Å². The van der Waals surface area contributed by atoms with Gasteiger partial charge in [0.25, 0.3) is 5.91 Å². The Bertz CT molecular complexity index is 1040. The van der Waals surface area contributed by atoms with E-state index in [9.17, 15) is 14.4 Å². The molecule has 0 bridgehead atoms. The molecule has 2 amide bonds. The second kappa shape index (κ2) is 6.92. The summed E-state index contributed by atoms with van der Waals surface area (Å²) in [7, 11) is 1.51. The van der Waals surface area contributed by atoms with E-state index in [4.69, 9.17) is 32.8 Å². The summed E-state index contributed by atoms with van der Waals surface area (Å²) in [6.07, 6.45) is -1.21. The largest absolute Gasteiger partial charge is 0.497 e. The number of halogens is 2. The first-order valence-electron chi connectivity index (χ1n) is 8.17. The number of fused-ring (bicyclic) bond motifs is 1. The fraction of sp³-hybridized carbons (Fsp3) is 0.158. The average molecular weight is 419 g/mol. The molecule has 2 aromatic carbocycles. The number of nitrogens with zero attached hydrogens (tertiary/aromatic N) is 2. The first-order chi connectivity index (χ1) is 13.4. The predicted octanol–water partition coefficient (Wildman–Crippen LogP) is 3.13. The maximum atomic E-state index is 13.0.